The van der Waals surface area contributed by atoms with Crippen LogP contribution in [0.2, 0.25) is 0 Å². The number of pyridine rings is 1. The summed E-state index contributed by atoms with van der Waals surface area (Å²) in [5, 5.41) is 7.53. The first-order chi connectivity index (χ1) is 24.0. The van der Waals surface area contributed by atoms with E-state index in [1.165, 1.54) is 16.5 Å². The summed E-state index contributed by atoms with van der Waals surface area (Å²) in [5.74, 6) is -5.44. The number of alkyl halides is 3. The number of carbonyl (C=O) groups excluding carboxylic acids is 3. The fourth-order valence-electron chi connectivity index (χ4n) is 7.15. The van der Waals surface area contributed by atoms with E-state index in [1.54, 1.807) is 55.4 Å². The number of fused-ring (bicyclic) bond motifs is 2. The number of benzene rings is 1. The SMILES string of the molecule is CC(=O)[C@@H]1[C@@H]2[C@H](CN1C(=O)OC(C)(C)C)[C@H]2c1nn(C2CC2)c2c(F)c(-c3cc(NC(=O)OC(C)(C)C)cc(F)c3OC(F)(F)F)nc(C(C)C)c12. The van der Waals surface area contributed by atoms with Crippen molar-refractivity contribution in [3.05, 3.63) is 35.2 Å². The normalized spacial score (nSPS) is 21.7. The lowest BCUT2D eigenvalue weighted by Gasteiger charge is -2.30. The Labute approximate surface area is 297 Å². The van der Waals surface area contributed by atoms with E-state index in [2.05, 4.69) is 15.0 Å². The van der Waals surface area contributed by atoms with Gasteiger partial charge in [0.05, 0.1) is 29.0 Å². The van der Waals surface area contributed by atoms with Gasteiger partial charge in [-0.2, -0.15) is 5.10 Å². The molecule has 0 bridgehead atoms. The number of nitrogens with one attached hydrogen (secondary N) is 1. The monoisotopic (exact) mass is 735 g/mol. The summed E-state index contributed by atoms with van der Waals surface area (Å²) in [5.41, 5.74) is -2.65. The predicted molar refractivity (Wildman–Crippen MR) is 179 cm³/mol. The number of carbonyl (C=O) groups is 3. The number of likely N-dealkylation sites (tertiary alicyclic amines) is 1. The van der Waals surface area contributed by atoms with E-state index in [0.717, 1.165) is 6.07 Å². The molecule has 1 aliphatic heterocycles. The molecule has 3 heterocycles. The van der Waals surface area contributed by atoms with Crippen LogP contribution in [0.15, 0.2) is 12.1 Å². The highest BCUT2D eigenvalue weighted by Crippen LogP contribution is 2.63. The van der Waals surface area contributed by atoms with E-state index in [4.69, 9.17) is 14.6 Å². The molecule has 11 nitrogen and oxygen atoms in total. The summed E-state index contributed by atoms with van der Waals surface area (Å²) in [6.45, 7) is 15.1. The van der Waals surface area contributed by atoms with Crippen LogP contribution in [0.1, 0.15) is 104 Å². The van der Waals surface area contributed by atoms with Crippen LogP contribution in [0.5, 0.6) is 5.75 Å². The summed E-state index contributed by atoms with van der Waals surface area (Å²) >= 11 is 0. The highest BCUT2D eigenvalue weighted by Gasteiger charge is 2.66. The second kappa shape index (κ2) is 12.6. The van der Waals surface area contributed by atoms with Gasteiger partial charge < -0.3 is 14.2 Å². The van der Waals surface area contributed by atoms with Crippen LogP contribution in [0.3, 0.4) is 0 Å². The third kappa shape index (κ3) is 7.25. The summed E-state index contributed by atoms with van der Waals surface area (Å²) < 4.78 is 89.9. The summed E-state index contributed by atoms with van der Waals surface area (Å²) in [4.78, 5) is 44.5. The van der Waals surface area contributed by atoms with Gasteiger partial charge in [0.2, 0.25) is 0 Å². The fraction of sp³-hybridized carbons (Fsp3) is 0.583. The Kier molecular flexibility index (Phi) is 9.01. The van der Waals surface area contributed by atoms with E-state index in [1.807, 2.05) is 0 Å². The molecule has 3 fully saturated rings. The number of Topliss-reactive ketones (excluding diaryl/α,β-unsaturated/α-hetero) is 1. The Hall–Kier alpha value is -4.50. The van der Waals surface area contributed by atoms with Crippen LogP contribution in [0.4, 0.5) is 37.2 Å². The number of aromatic nitrogens is 3. The van der Waals surface area contributed by atoms with Crippen molar-refractivity contribution < 1.29 is 50.5 Å². The molecule has 0 radical (unpaired) electrons. The molecular formula is C36H42F5N5O6. The van der Waals surface area contributed by atoms with Crippen molar-refractivity contribution in [1.29, 1.82) is 0 Å². The summed E-state index contributed by atoms with van der Waals surface area (Å²) in [6, 6.07) is 0.543. The molecular weight excluding hydrogens is 693 g/mol. The van der Waals surface area contributed by atoms with Crippen molar-refractivity contribution in [3.8, 4) is 17.0 Å². The van der Waals surface area contributed by atoms with Gasteiger partial charge in [0.15, 0.2) is 23.2 Å². The largest absolute Gasteiger partial charge is 0.573 e. The molecule has 0 unspecified atom stereocenters. The number of nitrogens with zero attached hydrogens (tertiary/aromatic N) is 4. The number of hydrogen-bond donors (Lipinski definition) is 1. The number of amides is 2. The fourth-order valence-corrected chi connectivity index (χ4v) is 7.15. The Balaban J connectivity index is 1.50. The Morgan fingerprint density at radius 3 is 2.15 bits per heavy atom. The quantitative estimate of drug-likeness (QED) is 0.239. The molecule has 3 aliphatic rings. The lowest BCUT2D eigenvalue weighted by molar-refractivity contribution is -0.275. The zero-order chi connectivity index (χ0) is 38.4. The second-order valence-corrected chi connectivity index (χ2v) is 16.1. The minimum Gasteiger partial charge on any atom is -0.444 e. The summed E-state index contributed by atoms with van der Waals surface area (Å²) in [6.07, 6.45) is -5.66. The molecule has 1 N–H and O–H groups in total. The van der Waals surface area contributed by atoms with Gasteiger partial charge in [-0.3, -0.25) is 19.7 Å². The molecule has 0 spiro atoms. The zero-order valence-corrected chi connectivity index (χ0v) is 30.4. The third-order valence-corrected chi connectivity index (χ3v) is 9.14. The van der Waals surface area contributed by atoms with Crippen molar-refractivity contribution in [2.45, 2.75) is 117 Å². The molecule has 282 valence electrons. The molecule has 3 aromatic rings. The Morgan fingerprint density at radius 1 is 0.981 bits per heavy atom. The smallest absolute Gasteiger partial charge is 0.444 e. The zero-order valence-electron chi connectivity index (χ0n) is 30.4. The van der Waals surface area contributed by atoms with Crippen molar-refractivity contribution in [2.75, 3.05) is 11.9 Å². The van der Waals surface area contributed by atoms with Crippen molar-refractivity contribution in [2.24, 2.45) is 11.8 Å². The van der Waals surface area contributed by atoms with Gasteiger partial charge in [-0.1, -0.05) is 13.8 Å². The third-order valence-electron chi connectivity index (χ3n) is 9.14. The molecule has 6 rings (SSSR count). The summed E-state index contributed by atoms with van der Waals surface area (Å²) in [7, 11) is 0. The average molecular weight is 736 g/mol. The van der Waals surface area contributed by atoms with E-state index in [-0.39, 0.29) is 53.0 Å². The second-order valence-electron chi connectivity index (χ2n) is 16.1. The number of anilines is 1. The first kappa shape index (κ1) is 37.3. The topological polar surface area (TPSA) is 125 Å². The van der Waals surface area contributed by atoms with Gasteiger partial charge in [-0.15, -0.1) is 13.2 Å². The number of halogens is 5. The van der Waals surface area contributed by atoms with Crippen LogP contribution in [-0.2, 0) is 14.3 Å². The molecule has 1 saturated heterocycles. The molecule has 2 amide bonds. The van der Waals surface area contributed by atoms with Gasteiger partial charge in [-0.05, 0) is 79.2 Å². The molecule has 52 heavy (non-hydrogen) atoms. The molecule has 2 aromatic heterocycles. The molecule has 2 aliphatic carbocycles. The number of ketones is 1. The van der Waals surface area contributed by atoms with Crippen LogP contribution in [-0.4, -0.2) is 67.8 Å². The minimum absolute atomic E-state index is 0.0246. The number of hydrogen-bond acceptors (Lipinski definition) is 8. The van der Waals surface area contributed by atoms with Crippen LogP contribution in [0, 0.1) is 23.5 Å². The van der Waals surface area contributed by atoms with E-state index in [0.29, 0.717) is 30.0 Å². The maximum atomic E-state index is 17.1. The lowest BCUT2D eigenvalue weighted by Crippen LogP contribution is -2.45. The number of ether oxygens (including phenoxy) is 3. The Morgan fingerprint density at radius 2 is 1.62 bits per heavy atom. The van der Waals surface area contributed by atoms with Crippen molar-refractivity contribution >= 4 is 34.6 Å². The van der Waals surface area contributed by atoms with Crippen LogP contribution >= 0.6 is 0 Å². The van der Waals surface area contributed by atoms with Crippen molar-refractivity contribution in [3.63, 3.8) is 0 Å². The van der Waals surface area contributed by atoms with Gasteiger partial charge >= 0.3 is 18.5 Å². The molecule has 1 aromatic carbocycles. The molecule has 2 saturated carbocycles. The first-order valence-electron chi connectivity index (χ1n) is 17.2. The van der Waals surface area contributed by atoms with Crippen molar-refractivity contribution in [1.82, 2.24) is 19.7 Å². The minimum atomic E-state index is -5.36. The molecule has 4 atom stereocenters. The van der Waals surface area contributed by atoms with E-state index < -0.39 is 70.4 Å². The van der Waals surface area contributed by atoms with E-state index >= 15 is 8.78 Å². The maximum Gasteiger partial charge on any atom is 0.573 e. The number of rotatable bonds is 7. The average Bonchev–Trinajstić information content (AvgIpc) is 3.86. The highest BCUT2D eigenvalue weighted by atomic mass is 19.4. The van der Waals surface area contributed by atoms with Gasteiger partial charge in [0.25, 0.3) is 0 Å². The lowest BCUT2D eigenvalue weighted by atomic mass is 9.97. The van der Waals surface area contributed by atoms with Crippen LogP contribution in [0.25, 0.3) is 22.2 Å². The van der Waals surface area contributed by atoms with Crippen LogP contribution < -0.4 is 10.1 Å². The molecule has 16 heteroatoms. The van der Waals surface area contributed by atoms with Gasteiger partial charge in [-0.25, -0.2) is 23.4 Å². The number of piperidine rings is 1. The highest BCUT2D eigenvalue weighted by molar-refractivity contribution is 5.93. The van der Waals surface area contributed by atoms with Gasteiger partial charge in [0.1, 0.15) is 22.4 Å². The first-order valence-corrected chi connectivity index (χ1v) is 17.2. The maximum absolute atomic E-state index is 17.1. The standard InChI is InChI=1S/C36H42F5N5O6/c1-15(2)26-24-28(22-20-14-45(29(16(3)47)23(20)22)33(49)52-35(7,8)9)44-46(18-10-11-18)30(24)25(38)27(43-26)19-12-17(42-32(48)51-34(4,5)6)13-21(37)31(19)50-36(39,40)41/h12-13,15,18,20,22-23,29H,10-11,14H2,1-9H3,(H,42,48)/t20-,22-,23-,29-/m1/s1. The van der Waals surface area contributed by atoms with Gasteiger partial charge in [0, 0.05) is 35.5 Å². The van der Waals surface area contributed by atoms with E-state index in [9.17, 15) is 27.6 Å². The Bertz CT molecular complexity index is 1960. The predicted octanol–water partition coefficient (Wildman–Crippen LogP) is 8.62.